The van der Waals surface area contributed by atoms with Crippen molar-refractivity contribution in [2.45, 2.75) is 38.3 Å². The zero-order valence-corrected chi connectivity index (χ0v) is 12.5. The number of hydrogen-bond acceptors (Lipinski definition) is 3. The molecule has 1 heterocycles. The van der Waals surface area contributed by atoms with Crippen LogP contribution in [0.25, 0.3) is 0 Å². The molecule has 5 heteroatoms. The lowest BCUT2D eigenvalue weighted by Crippen LogP contribution is -2.29. The Bertz CT molecular complexity index is 505. The standard InChI is InChI=1S/C15H21FN2OS/c1-15(19)5-2-7-18(8-6-15)10-11-9-12(16)3-4-13(11)14(17)20/h3-4,9,19H,2,5-8,10H2,1H3,(H2,17,20). The van der Waals surface area contributed by atoms with Crippen LogP contribution in [0, 0.1) is 5.82 Å². The molecule has 1 atom stereocenters. The summed E-state index contributed by atoms with van der Waals surface area (Å²) in [7, 11) is 0. The van der Waals surface area contributed by atoms with E-state index in [1.54, 1.807) is 6.07 Å². The van der Waals surface area contributed by atoms with Crippen molar-refractivity contribution < 1.29 is 9.50 Å². The molecule has 0 aliphatic carbocycles. The minimum absolute atomic E-state index is 0.276. The predicted octanol–water partition coefficient (Wildman–Crippen LogP) is 2.20. The van der Waals surface area contributed by atoms with Gasteiger partial charge in [0.25, 0.3) is 0 Å². The van der Waals surface area contributed by atoms with Crippen molar-refractivity contribution in [2.75, 3.05) is 13.1 Å². The van der Waals surface area contributed by atoms with Gasteiger partial charge in [-0.1, -0.05) is 12.2 Å². The molecule has 110 valence electrons. The van der Waals surface area contributed by atoms with Crippen LogP contribution in [0.2, 0.25) is 0 Å². The molecule has 0 radical (unpaired) electrons. The van der Waals surface area contributed by atoms with Gasteiger partial charge in [0.15, 0.2) is 0 Å². The fraction of sp³-hybridized carbons (Fsp3) is 0.533. The minimum Gasteiger partial charge on any atom is -0.390 e. The normalized spacial score (nSPS) is 24.4. The van der Waals surface area contributed by atoms with Gasteiger partial charge in [-0.25, -0.2) is 4.39 Å². The highest BCUT2D eigenvalue weighted by Gasteiger charge is 2.25. The van der Waals surface area contributed by atoms with Crippen molar-refractivity contribution in [3.63, 3.8) is 0 Å². The Morgan fingerprint density at radius 1 is 1.45 bits per heavy atom. The molecule has 1 unspecified atom stereocenters. The second kappa shape index (κ2) is 6.16. The van der Waals surface area contributed by atoms with E-state index in [4.69, 9.17) is 18.0 Å². The first-order valence-corrected chi connectivity index (χ1v) is 7.31. The van der Waals surface area contributed by atoms with E-state index >= 15 is 0 Å². The highest BCUT2D eigenvalue weighted by Crippen LogP contribution is 2.23. The van der Waals surface area contributed by atoms with E-state index in [0.717, 1.165) is 43.5 Å². The maximum atomic E-state index is 13.4. The number of benzene rings is 1. The number of nitrogens with two attached hydrogens (primary N) is 1. The van der Waals surface area contributed by atoms with E-state index < -0.39 is 5.60 Å². The molecule has 0 aromatic heterocycles. The van der Waals surface area contributed by atoms with Crippen LogP contribution in [0.3, 0.4) is 0 Å². The lowest BCUT2D eigenvalue weighted by atomic mass is 9.98. The fourth-order valence-electron chi connectivity index (χ4n) is 2.65. The highest BCUT2D eigenvalue weighted by molar-refractivity contribution is 7.80. The van der Waals surface area contributed by atoms with Crippen molar-refractivity contribution in [3.8, 4) is 0 Å². The van der Waals surface area contributed by atoms with Crippen LogP contribution in [0.15, 0.2) is 18.2 Å². The molecule has 0 bridgehead atoms. The van der Waals surface area contributed by atoms with Gasteiger partial charge in [0, 0.05) is 18.7 Å². The Labute approximate surface area is 124 Å². The van der Waals surface area contributed by atoms with E-state index in [0.29, 0.717) is 11.5 Å². The monoisotopic (exact) mass is 296 g/mol. The summed E-state index contributed by atoms with van der Waals surface area (Å²) in [6.45, 7) is 4.17. The molecule has 0 spiro atoms. The molecule has 1 fully saturated rings. The predicted molar refractivity (Wildman–Crippen MR) is 82.0 cm³/mol. The van der Waals surface area contributed by atoms with Crippen molar-refractivity contribution in [3.05, 3.63) is 35.1 Å². The maximum Gasteiger partial charge on any atom is 0.123 e. The van der Waals surface area contributed by atoms with Gasteiger partial charge < -0.3 is 10.8 Å². The first-order valence-electron chi connectivity index (χ1n) is 6.90. The van der Waals surface area contributed by atoms with Crippen LogP contribution in [0.4, 0.5) is 4.39 Å². The molecule has 20 heavy (non-hydrogen) atoms. The summed E-state index contributed by atoms with van der Waals surface area (Å²) in [5, 5.41) is 10.1. The molecule has 1 saturated heterocycles. The summed E-state index contributed by atoms with van der Waals surface area (Å²) < 4.78 is 13.4. The van der Waals surface area contributed by atoms with E-state index in [1.807, 2.05) is 6.92 Å². The number of likely N-dealkylation sites (tertiary alicyclic amines) is 1. The van der Waals surface area contributed by atoms with Crippen LogP contribution >= 0.6 is 12.2 Å². The molecule has 0 amide bonds. The van der Waals surface area contributed by atoms with Gasteiger partial charge in [0.05, 0.1) is 5.60 Å². The van der Waals surface area contributed by atoms with Crippen LogP contribution in [-0.2, 0) is 6.54 Å². The number of rotatable bonds is 3. The number of thiocarbonyl (C=S) groups is 1. The molecule has 1 aromatic carbocycles. The topological polar surface area (TPSA) is 49.5 Å². The summed E-state index contributed by atoms with van der Waals surface area (Å²) in [4.78, 5) is 2.51. The summed E-state index contributed by atoms with van der Waals surface area (Å²) in [6.07, 6.45) is 2.46. The third-order valence-electron chi connectivity index (χ3n) is 3.88. The second-order valence-corrected chi connectivity index (χ2v) is 6.23. The van der Waals surface area contributed by atoms with Crippen molar-refractivity contribution in [1.82, 2.24) is 4.90 Å². The third-order valence-corrected chi connectivity index (χ3v) is 4.10. The quantitative estimate of drug-likeness (QED) is 0.840. The largest absolute Gasteiger partial charge is 0.390 e. The smallest absolute Gasteiger partial charge is 0.123 e. The van der Waals surface area contributed by atoms with Crippen LogP contribution in [0.5, 0.6) is 0 Å². The second-order valence-electron chi connectivity index (χ2n) is 5.79. The van der Waals surface area contributed by atoms with Gasteiger partial charge in [0.2, 0.25) is 0 Å². The van der Waals surface area contributed by atoms with Gasteiger partial charge in [-0.05, 0) is 56.5 Å². The number of halogens is 1. The summed E-state index contributed by atoms with van der Waals surface area (Å²) in [5.74, 6) is -0.276. The molecule has 2 rings (SSSR count). The zero-order valence-electron chi connectivity index (χ0n) is 11.7. The minimum atomic E-state index is -0.595. The van der Waals surface area contributed by atoms with Crippen molar-refractivity contribution in [2.24, 2.45) is 5.73 Å². The average Bonchev–Trinajstić information content (AvgIpc) is 2.51. The lowest BCUT2D eigenvalue weighted by molar-refractivity contribution is 0.0444. The zero-order chi connectivity index (χ0) is 14.8. The van der Waals surface area contributed by atoms with Crippen LogP contribution in [-0.4, -0.2) is 33.7 Å². The van der Waals surface area contributed by atoms with Gasteiger partial charge in [-0.2, -0.15) is 0 Å². The van der Waals surface area contributed by atoms with E-state index in [1.165, 1.54) is 12.1 Å². The first kappa shape index (κ1) is 15.4. The average molecular weight is 296 g/mol. The fourth-order valence-corrected chi connectivity index (χ4v) is 2.85. The Balaban J connectivity index is 2.13. The van der Waals surface area contributed by atoms with Gasteiger partial charge in [-0.15, -0.1) is 0 Å². The molecular formula is C15H21FN2OS. The third kappa shape index (κ3) is 3.98. The first-order chi connectivity index (χ1) is 9.37. The molecule has 3 N–H and O–H groups in total. The van der Waals surface area contributed by atoms with Gasteiger partial charge in [0.1, 0.15) is 10.8 Å². The van der Waals surface area contributed by atoms with Crippen molar-refractivity contribution >= 4 is 17.2 Å². The van der Waals surface area contributed by atoms with E-state index in [2.05, 4.69) is 4.90 Å². The van der Waals surface area contributed by atoms with Crippen LogP contribution in [0.1, 0.15) is 37.3 Å². The molecule has 1 aromatic rings. The number of aliphatic hydroxyl groups is 1. The maximum absolute atomic E-state index is 13.4. The number of hydrogen-bond donors (Lipinski definition) is 2. The van der Waals surface area contributed by atoms with Crippen molar-refractivity contribution in [1.29, 1.82) is 0 Å². The van der Waals surface area contributed by atoms with E-state index in [9.17, 15) is 9.50 Å². The summed E-state index contributed by atoms with van der Waals surface area (Å²) in [6, 6.07) is 4.52. The molecule has 3 nitrogen and oxygen atoms in total. The molecule has 0 saturated carbocycles. The summed E-state index contributed by atoms with van der Waals surface area (Å²) in [5.41, 5.74) is 6.65. The Hall–Kier alpha value is -1.04. The van der Waals surface area contributed by atoms with E-state index in [-0.39, 0.29) is 5.82 Å². The van der Waals surface area contributed by atoms with Gasteiger partial charge >= 0.3 is 0 Å². The Morgan fingerprint density at radius 3 is 2.90 bits per heavy atom. The van der Waals surface area contributed by atoms with Gasteiger partial charge in [-0.3, -0.25) is 4.90 Å². The Kier molecular flexibility index (Phi) is 4.73. The molecule has 1 aliphatic heterocycles. The molecular weight excluding hydrogens is 275 g/mol. The lowest BCUT2D eigenvalue weighted by Gasteiger charge is -2.23. The summed E-state index contributed by atoms with van der Waals surface area (Å²) >= 11 is 5.02. The SMILES string of the molecule is CC1(O)CCCN(Cc2cc(F)ccc2C(N)=S)CC1. The number of nitrogens with zero attached hydrogens (tertiary/aromatic N) is 1. The van der Waals surface area contributed by atoms with Crippen LogP contribution < -0.4 is 5.73 Å². The molecule has 1 aliphatic rings. The highest BCUT2D eigenvalue weighted by atomic mass is 32.1. The Morgan fingerprint density at radius 2 is 2.20 bits per heavy atom.